The average Bonchev–Trinajstić information content (AvgIpc) is 2.92. The monoisotopic (exact) mass is 498 g/mol. The minimum atomic E-state index is -0.639. The Balaban J connectivity index is 1.59. The van der Waals surface area contributed by atoms with Gasteiger partial charge in [-0.2, -0.15) is 0 Å². The predicted molar refractivity (Wildman–Crippen MR) is 147 cm³/mol. The SMILES string of the molecule is Cc1ccc(CN(C(=O)COc2ccc(C)cc2)[C@H](Cc2ccccc2)C(=O)NC2CCCCC2)cc1. The molecule has 194 valence electrons. The lowest BCUT2D eigenvalue weighted by molar-refractivity contribution is -0.143. The Morgan fingerprint density at radius 1 is 0.838 bits per heavy atom. The molecule has 0 bridgehead atoms. The Labute approximate surface area is 220 Å². The number of nitrogens with one attached hydrogen (secondary N) is 1. The molecule has 2 amide bonds. The minimum Gasteiger partial charge on any atom is -0.484 e. The van der Waals surface area contributed by atoms with Crippen LogP contribution in [0.2, 0.25) is 0 Å². The summed E-state index contributed by atoms with van der Waals surface area (Å²) < 4.78 is 5.87. The molecule has 1 N–H and O–H groups in total. The van der Waals surface area contributed by atoms with E-state index in [1.165, 1.54) is 6.42 Å². The van der Waals surface area contributed by atoms with Crippen LogP contribution in [0.3, 0.4) is 0 Å². The van der Waals surface area contributed by atoms with Crippen LogP contribution in [0.4, 0.5) is 0 Å². The van der Waals surface area contributed by atoms with Gasteiger partial charge in [-0.15, -0.1) is 0 Å². The van der Waals surface area contributed by atoms with Crippen molar-refractivity contribution in [3.05, 3.63) is 101 Å². The lowest BCUT2D eigenvalue weighted by Gasteiger charge is -2.33. The largest absolute Gasteiger partial charge is 0.484 e. The number of benzene rings is 3. The standard InChI is InChI=1S/C32H38N2O3/c1-24-13-17-27(18-14-24)22-34(31(35)23-37-29-19-15-25(2)16-20-29)30(21-26-9-5-3-6-10-26)32(36)33-28-11-7-4-8-12-28/h3,5-6,9-10,13-20,28,30H,4,7-8,11-12,21-23H2,1-2H3,(H,33,36)/t30-/m1/s1. The zero-order chi connectivity index (χ0) is 26.0. The van der Waals surface area contributed by atoms with Gasteiger partial charge in [0.25, 0.3) is 5.91 Å². The molecule has 1 atom stereocenters. The number of carbonyl (C=O) groups is 2. The van der Waals surface area contributed by atoms with Crippen molar-refractivity contribution in [2.45, 2.75) is 71.0 Å². The first-order valence-electron chi connectivity index (χ1n) is 13.4. The Morgan fingerprint density at radius 2 is 1.46 bits per heavy atom. The topological polar surface area (TPSA) is 58.6 Å². The van der Waals surface area contributed by atoms with Crippen molar-refractivity contribution < 1.29 is 14.3 Å². The lowest BCUT2D eigenvalue weighted by Crippen LogP contribution is -2.53. The minimum absolute atomic E-state index is 0.0912. The molecule has 37 heavy (non-hydrogen) atoms. The zero-order valence-electron chi connectivity index (χ0n) is 22.0. The Hall–Kier alpha value is -3.60. The maximum absolute atomic E-state index is 13.8. The number of hydrogen-bond acceptors (Lipinski definition) is 3. The molecular formula is C32H38N2O3. The van der Waals surface area contributed by atoms with Crippen molar-refractivity contribution >= 4 is 11.8 Å². The van der Waals surface area contributed by atoms with Gasteiger partial charge < -0.3 is 15.0 Å². The van der Waals surface area contributed by atoms with Gasteiger partial charge in [-0.3, -0.25) is 9.59 Å². The summed E-state index contributed by atoms with van der Waals surface area (Å²) in [4.78, 5) is 29.2. The third-order valence-electron chi connectivity index (χ3n) is 7.08. The van der Waals surface area contributed by atoms with Gasteiger partial charge in [-0.25, -0.2) is 0 Å². The molecule has 0 unspecified atom stereocenters. The van der Waals surface area contributed by atoms with Crippen LogP contribution in [-0.4, -0.2) is 35.4 Å². The summed E-state index contributed by atoms with van der Waals surface area (Å²) in [6, 6.07) is 25.2. The van der Waals surface area contributed by atoms with Gasteiger partial charge in [0.15, 0.2) is 6.61 Å². The van der Waals surface area contributed by atoms with Gasteiger partial charge in [0, 0.05) is 19.0 Å². The second-order valence-corrected chi connectivity index (χ2v) is 10.2. The van der Waals surface area contributed by atoms with Crippen LogP contribution in [0, 0.1) is 13.8 Å². The maximum Gasteiger partial charge on any atom is 0.261 e. The number of aryl methyl sites for hydroxylation is 2. The first-order chi connectivity index (χ1) is 18.0. The molecule has 3 aromatic carbocycles. The normalized spacial score (nSPS) is 14.5. The highest BCUT2D eigenvalue weighted by molar-refractivity contribution is 5.88. The third-order valence-corrected chi connectivity index (χ3v) is 7.08. The van der Waals surface area contributed by atoms with Gasteiger partial charge in [-0.05, 0) is 49.9 Å². The molecule has 1 fully saturated rings. The van der Waals surface area contributed by atoms with Gasteiger partial charge >= 0.3 is 0 Å². The fourth-order valence-electron chi connectivity index (χ4n) is 4.85. The molecule has 5 nitrogen and oxygen atoms in total. The maximum atomic E-state index is 13.8. The number of amides is 2. The lowest BCUT2D eigenvalue weighted by atomic mass is 9.94. The summed E-state index contributed by atoms with van der Waals surface area (Å²) in [6.45, 7) is 4.26. The smallest absolute Gasteiger partial charge is 0.261 e. The molecule has 1 aliphatic carbocycles. The van der Waals surface area contributed by atoms with Gasteiger partial charge in [0.1, 0.15) is 11.8 Å². The van der Waals surface area contributed by atoms with Crippen LogP contribution in [0.5, 0.6) is 5.75 Å². The first kappa shape index (κ1) is 26.5. The highest BCUT2D eigenvalue weighted by atomic mass is 16.5. The van der Waals surface area contributed by atoms with E-state index in [1.807, 2.05) is 92.7 Å². The van der Waals surface area contributed by atoms with E-state index in [2.05, 4.69) is 5.32 Å². The quantitative estimate of drug-likeness (QED) is 0.386. The van der Waals surface area contributed by atoms with Gasteiger partial charge in [-0.1, -0.05) is 97.1 Å². The van der Waals surface area contributed by atoms with E-state index < -0.39 is 6.04 Å². The summed E-state index contributed by atoms with van der Waals surface area (Å²) in [6.07, 6.45) is 5.91. The van der Waals surface area contributed by atoms with Crippen molar-refractivity contribution in [3.8, 4) is 5.75 Å². The van der Waals surface area contributed by atoms with E-state index in [0.717, 1.165) is 47.9 Å². The third kappa shape index (κ3) is 7.94. The van der Waals surface area contributed by atoms with Crippen molar-refractivity contribution in [1.29, 1.82) is 0 Å². The van der Waals surface area contributed by atoms with E-state index in [4.69, 9.17) is 4.74 Å². The second-order valence-electron chi connectivity index (χ2n) is 10.2. The van der Waals surface area contributed by atoms with Gasteiger partial charge in [0.2, 0.25) is 5.91 Å². The molecule has 0 aromatic heterocycles. The molecule has 1 saturated carbocycles. The van der Waals surface area contributed by atoms with Crippen LogP contribution >= 0.6 is 0 Å². The summed E-state index contributed by atoms with van der Waals surface area (Å²) in [7, 11) is 0. The number of nitrogens with zero attached hydrogens (tertiary/aromatic N) is 1. The van der Waals surface area contributed by atoms with E-state index in [9.17, 15) is 9.59 Å². The Kier molecular flexibility index (Phi) is 9.36. The van der Waals surface area contributed by atoms with Crippen LogP contribution in [0.15, 0.2) is 78.9 Å². The highest BCUT2D eigenvalue weighted by Crippen LogP contribution is 2.20. The molecular weight excluding hydrogens is 460 g/mol. The molecule has 5 heteroatoms. The van der Waals surface area contributed by atoms with E-state index in [-0.39, 0.29) is 24.5 Å². The fraction of sp³-hybridized carbons (Fsp3) is 0.375. The second kappa shape index (κ2) is 13.1. The van der Waals surface area contributed by atoms with Crippen molar-refractivity contribution in [3.63, 3.8) is 0 Å². The molecule has 4 rings (SSSR count). The number of carbonyl (C=O) groups excluding carboxylic acids is 2. The van der Waals surface area contributed by atoms with Crippen molar-refractivity contribution in [2.75, 3.05) is 6.61 Å². The predicted octanol–water partition coefficient (Wildman–Crippen LogP) is 5.77. The van der Waals surface area contributed by atoms with Crippen LogP contribution < -0.4 is 10.1 Å². The van der Waals surface area contributed by atoms with E-state index in [0.29, 0.717) is 18.7 Å². The molecule has 0 heterocycles. The summed E-state index contributed by atoms with van der Waals surface area (Å²) in [5.41, 5.74) is 4.28. The van der Waals surface area contributed by atoms with Crippen LogP contribution in [0.1, 0.15) is 54.4 Å². The van der Waals surface area contributed by atoms with Crippen LogP contribution in [-0.2, 0) is 22.6 Å². The number of hydrogen-bond donors (Lipinski definition) is 1. The molecule has 0 aliphatic heterocycles. The average molecular weight is 499 g/mol. The highest BCUT2D eigenvalue weighted by Gasteiger charge is 2.32. The molecule has 0 saturated heterocycles. The summed E-state index contributed by atoms with van der Waals surface area (Å²) in [5, 5.41) is 3.28. The fourth-order valence-corrected chi connectivity index (χ4v) is 4.85. The molecule has 1 aliphatic rings. The van der Waals surface area contributed by atoms with Crippen molar-refractivity contribution in [2.24, 2.45) is 0 Å². The zero-order valence-corrected chi connectivity index (χ0v) is 22.0. The van der Waals surface area contributed by atoms with Crippen LogP contribution in [0.25, 0.3) is 0 Å². The number of rotatable bonds is 10. The molecule has 3 aromatic rings. The van der Waals surface area contributed by atoms with E-state index >= 15 is 0 Å². The first-order valence-corrected chi connectivity index (χ1v) is 13.4. The molecule has 0 spiro atoms. The van der Waals surface area contributed by atoms with E-state index in [1.54, 1.807) is 4.90 Å². The number of ether oxygens (including phenoxy) is 1. The Bertz CT molecular complexity index is 1140. The summed E-state index contributed by atoms with van der Waals surface area (Å²) >= 11 is 0. The molecule has 0 radical (unpaired) electrons. The van der Waals surface area contributed by atoms with Crippen molar-refractivity contribution in [1.82, 2.24) is 10.2 Å². The summed E-state index contributed by atoms with van der Waals surface area (Å²) in [5.74, 6) is 0.341. The van der Waals surface area contributed by atoms with Gasteiger partial charge in [0.05, 0.1) is 0 Å². The Morgan fingerprint density at radius 3 is 2.11 bits per heavy atom.